The van der Waals surface area contributed by atoms with Crippen molar-refractivity contribution < 1.29 is 14.3 Å². The third-order valence-corrected chi connectivity index (χ3v) is 4.84. The van der Waals surface area contributed by atoms with Crippen LogP contribution in [0.3, 0.4) is 0 Å². The van der Waals surface area contributed by atoms with Gasteiger partial charge in [-0.15, -0.1) is 0 Å². The van der Waals surface area contributed by atoms with Gasteiger partial charge >= 0.3 is 0 Å². The predicted molar refractivity (Wildman–Crippen MR) is 90.3 cm³/mol. The van der Waals surface area contributed by atoms with Gasteiger partial charge in [-0.05, 0) is 37.5 Å². The Hall–Kier alpha value is -1.14. The van der Waals surface area contributed by atoms with E-state index in [1.165, 1.54) is 0 Å². The molecule has 1 amide bonds. The molecule has 0 radical (unpaired) electrons. The summed E-state index contributed by atoms with van der Waals surface area (Å²) in [5, 5.41) is 3.74. The third kappa shape index (κ3) is 4.23. The molecule has 0 spiro atoms. The van der Waals surface area contributed by atoms with Gasteiger partial charge in [0, 0.05) is 31.9 Å². The molecule has 0 bridgehead atoms. The van der Waals surface area contributed by atoms with E-state index in [-0.39, 0.29) is 18.1 Å². The van der Waals surface area contributed by atoms with Crippen LogP contribution in [-0.4, -0.2) is 38.8 Å². The molecule has 2 unspecified atom stereocenters. The number of benzene rings is 1. The first-order valence-electron chi connectivity index (χ1n) is 7.89. The van der Waals surface area contributed by atoms with Crippen LogP contribution in [0.15, 0.2) is 24.3 Å². The lowest BCUT2D eigenvalue weighted by Crippen LogP contribution is -2.52. The van der Waals surface area contributed by atoms with Crippen LogP contribution in [-0.2, 0) is 14.3 Å². The zero-order valence-electron chi connectivity index (χ0n) is 13.7. The number of amides is 1. The Morgan fingerprint density at radius 2 is 2.00 bits per heavy atom. The Balaban J connectivity index is 2.07. The van der Waals surface area contributed by atoms with Crippen molar-refractivity contribution in [3.05, 3.63) is 34.9 Å². The zero-order chi connectivity index (χ0) is 16.9. The number of carbonyl (C=O) groups excluding carboxylic acids is 1. The van der Waals surface area contributed by atoms with E-state index in [0.29, 0.717) is 37.6 Å². The van der Waals surface area contributed by atoms with Gasteiger partial charge < -0.3 is 20.5 Å². The summed E-state index contributed by atoms with van der Waals surface area (Å²) in [5.41, 5.74) is 6.32. The van der Waals surface area contributed by atoms with Crippen LogP contribution in [0.1, 0.15) is 31.4 Å². The molecule has 2 atom stereocenters. The molecule has 0 aliphatic carbocycles. The Bertz CT molecular complexity index is 515. The molecule has 1 fully saturated rings. The van der Waals surface area contributed by atoms with Crippen LogP contribution < -0.4 is 11.1 Å². The van der Waals surface area contributed by atoms with Crippen molar-refractivity contribution in [2.24, 2.45) is 11.1 Å². The summed E-state index contributed by atoms with van der Waals surface area (Å²) in [6.45, 7) is 3.41. The van der Waals surface area contributed by atoms with Crippen molar-refractivity contribution in [1.82, 2.24) is 5.32 Å². The second kappa shape index (κ2) is 8.11. The Kier molecular flexibility index (Phi) is 6.41. The smallest absolute Gasteiger partial charge is 0.227 e. The maximum Gasteiger partial charge on any atom is 0.227 e. The lowest BCUT2D eigenvalue weighted by atomic mass is 9.79. The molecule has 1 aliphatic heterocycles. The number of nitrogens with two attached hydrogens (primary N) is 1. The summed E-state index contributed by atoms with van der Waals surface area (Å²) in [4.78, 5) is 12.7. The van der Waals surface area contributed by atoms with Gasteiger partial charge in [0.25, 0.3) is 0 Å². The third-order valence-electron chi connectivity index (χ3n) is 4.59. The van der Waals surface area contributed by atoms with E-state index < -0.39 is 5.41 Å². The van der Waals surface area contributed by atoms with Crippen molar-refractivity contribution in [3.8, 4) is 0 Å². The highest BCUT2D eigenvalue weighted by Crippen LogP contribution is 2.30. The quantitative estimate of drug-likeness (QED) is 0.833. The molecule has 128 valence electrons. The molecule has 0 aromatic heterocycles. The summed E-state index contributed by atoms with van der Waals surface area (Å²) in [6.07, 6.45) is 1.06. The van der Waals surface area contributed by atoms with Crippen LogP contribution in [0.4, 0.5) is 0 Å². The predicted octanol–water partition coefficient (Wildman–Crippen LogP) is 2.29. The maximum atomic E-state index is 12.7. The molecular weight excluding hydrogens is 316 g/mol. The van der Waals surface area contributed by atoms with Gasteiger partial charge in [0.05, 0.1) is 11.5 Å². The number of ether oxygens (including phenoxy) is 2. The van der Waals surface area contributed by atoms with Crippen molar-refractivity contribution in [3.63, 3.8) is 0 Å². The summed E-state index contributed by atoms with van der Waals surface area (Å²) >= 11 is 5.93. The van der Waals surface area contributed by atoms with Gasteiger partial charge in [-0.3, -0.25) is 4.79 Å². The molecule has 1 aromatic carbocycles. The number of hydrogen-bond acceptors (Lipinski definition) is 4. The molecule has 0 saturated carbocycles. The van der Waals surface area contributed by atoms with E-state index in [0.717, 1.165) is 5.56 Å². The highest BCUT2D eigenvalue weighted by Gasteiger charge is 2.39. The van der Waals surface area contributed by atoms with Gasteiger partial charge in [0.2, 0.25) is 5.91 Å². The first-order chi connectivity index (χ1) is 11.0. The minimum Gasteiger partial charge on any atom is -0.381 e. The second-order valence-electron chi connectivity index (χ2n) is 6.07. The largest absolute Gasteiger partial charge is 0.381 e. The normalized spacial score (nSPS) is 19.8. The van der Waals surface area contributed by atoms with Crippen molar-refractivity contribution in [2.45, 2.75) is 31.9 Å². The molecular formula is C17H25ClN2O3. The molecule has 2 rings (SSSR count). The zero-order valence-corrected chi connectivity index (χ0v) is 14.4. The van der Waals surface area contributed by atoms with E-state index in [1.54, 1.807) is 7.11 Å². The fourth-order valence-corrected chi connectivity index (χ4v) is 3.13. The van der Waals surface area contributed by atoms with Crippen molar-refractivity contribution >= 4 is 17.5 Å². The Labute approximate surface area is 142 Å². The summed E-state index contributed by atoms with van der Waals surface area (Å²) in [7, 11) is 1.63. The van der Waals surface area contributed by atoms with E-state index in [4.69, 9.17) is 26.8 Å². The van der Waals surface area contributed by atoms with Crippen molar-refractivity contribution in [2.75, 3.05) is 26.9 Å². The number of halogens is 1. The summed E-state index contributed by atoms with van der Waals surface area (Å²) in [6, 6.07) is 7.27. The number of hydrogen-bond donors (Lipinski definition) is 2. The number of nitrogens with one attached hydrogen (secondary N) is 1. The van der Waals surface area contributed by atoms with E-state index in [2.05, 4.69) is 5.32 Å². The van der Waals surface area contributed by atoms with Gasteiger partial charge in [0.15, 0.2) is 0 Å². The lowest BCUT2D eigenvalue weighted by molar-refractivity contribution is -0.137. The summed E-state index contributed by atoms with van der Waals surface area (Å²) in [5.74, 6) is -0.0215. The second-order valence-corrected chi connectivity index (χ2v) is 6.50. The van der Waals surface area contributed by atoms with E-state index in [9.17, 15) is 4.79 Å². The van der Waals surface area contributed by atoms with Gasteiger partial charge in [-0.1, -0.05) is 23.7 Å². The average Bonchev–Trinajstić information content (AvgIpc) is 2.57. The van der Waals surface area contributed by atoms with Gasteiger partial charge in [-0.2, -0.15) is 0 Å². The molecule has 5 nitrogen and oxygen atoms in total. The molecule has 1 aromatic rings. The number of rotatable bonds is 6. The van der Waals surface area contributed by atoms with Gasteiger partial charge in [0.1, 0.15) is 6.10 Å². The van der Waals surface area contributed by atoms with Crippen molar-refractivity contribution in [1.29, 1.82) is 0 Å². The van der Waals surface area contributed by atoms with Crippen LogP contribution >= 0.6 is 11.6 Å². The van der Waals surface area contributed by atoms with Crippen LogP contribution in [0.25, 0.3) is 0 Å². The Morgan fingerprint density at radius 3 is 2.52 bits per heavy atom. The molecule has 1 aliphatic rings. The first-order valence-corrected chi connectivity index (χ1v) is 8.27. The molecule has 23 heavy (non-hydrogen) atoms. The highest BCUT2D eigenvalue weighted by molar-refractivity contribution is 6.30. The standard InChI is InChI=1S/C17H25ClN2O3/c1-12(15(22-2)13-3-5-14(18)6-4-13)20-16(21)17(11-19)7-9-23-10-8-17/h3-6,12,15H,7-11,19H2,1-2H3,(H,20,21). The number of methoxy groups -OCH3 is 1. The molecule has 3 N–H and O–H groups in total. The van der Waals surface area contributed by atoms with Gasteiger partial charge in [-0.25, -0.2) is 0 Å². The lowest BCUT2D eigenvalue weighted by Gasteiger charge is -2.36. The fraction of sp³-hybridized carbons (Fsp3) is 0.588. The fourth-order valence-electron chi connectivity index (χ4n) is 3.00. The monoisotopic (exact) mass is 340 g/mol. The van der Waals surface area contributed by atoms with Crippen LogP contribution in [0.5, 0.6) is 0 Å². The molecule has 1 heterocycles. The van der Waals surface area contributed by atoms with Crippen LogP contribution in [0.2, 0.25) is 5.02 Å². The molecule has 6 heteroatoms. The SMILES string of the molecule is COC(c1ccc(Cl)cc1)C(C)NC(=O)C1(CN)CCOCC1. The van der Waals surface area contributed by atoms with Crippen LogP contribution in [0, 0.1) is 5.41 Å². The Morgan fingerprint density at radius 1 is 1.39 bits per heavy atom. The maximum absolute atomic E-state index is 12.7. The number of carbonyl (C=O) groups is 1. The molecule has 1 saturated heterocycles. The summed E-state index contributed by atoms with van der Waals surface area (Å²) < 4.78 is 10.9. The van der Waals surface area contributed by atoms with E-state index in [1.807, 2.05) is 31.2 Å². The average molecular weight is 341 g/mol. The topological polar surface area (TPSA) is 73.6 Å². The minimum atomic E-state index is -0.537. The first kappa shape index (κ1) is 18.2. The minimum absolute atomic E-state index is 0.0215. The van der Waals surface area contributed by atoms with E-state index >= 15 is 0 Å². The highest BCUT2D eigenvalue weighted by atomic mass is 35.5.